The van der Waals surface area contributed by atoms with Gasteiger partial charge in [0.2, 0.25) is 0 Å². The summed E-state index contributed by atoms with van der Waals surface area (Å²) in [6.07, 6.45) is 6.33. The number of ether oxygens (including phenoxy) is 1. The number of nitrogens with one attached hydrogen (secondary N) is 1. The fourth-order valence-electron chi connectivity index (χ4n) is 4.51. The van der Waals surface area contributed by atoms with Gasteiger partial charge in [-0.2, -0.15) is 10.2 Å². The maximum atomic E-state index is 13.3. The third-order valence-corrected chi connectivity index (χ3v) is 6.62. The van der Waals surface area contributed by atoms with Crippen molar-refractivity contribution >= 4 is 40.7 Å². The molecule has 1 N–H and O–H groups in total. The van der Waals surface area contributed by atoms with Gasteiger partial charge < -0.3 is 10.1 Å². The molecule has 0 radical (unpaired) electrons. The number of imide groups is 1. The van der Waals surface area contributed by atoms with Crippen LogP contribution in [0.5, 0.6) is 5.75 Å². The number of benzene rings is 2. The normalized spacial score (nSPS) is 12.7. The van der Waals surface area contributed by atoms with Crippen molar-refractivity contribution in [1.29, 1.82) is 0 Å². The summed E-state index contributed by atoms with van der Waals surface area (Å²) in [7, 11) is 1.52. The van der Waals surface area contributed by atoms with Crippen molar-refractivity contribution in [3.05, 3.63) is 95.0 Å². The number of aromatic nitrogens is 5. The zero-order valence-electron chi connectivity index (χ0n) is 20.5. The van der Waals surface area contributed by atoms with Crippen molar-refractivity contribution in [3.8, 4) is 17.0 Å². The van der Waals surface area contributed by atoms with E-state index in [9.17, 15) is 14.4 Å². The van der Waals surface area contributed by atoms with Crippen LogP contribution in [0, 0.1) is 0 Å². The molecule has 6 rings (SSSR count). The first-order chi connectivity index (χ1) is 18.9. The van der Waals surface area contributed by atoms with E-state index in [1.54, 1.807) is 71.8 Å². The number of hydrogen-bond acceptors (Lipinski definition) is 7. The van der Waals surface area contributed by atoms with Crippen LogP contribution in [0.4, 0.5) is 5.69 Å². The molecule has 4 heterocycles. The molecule has 12 heteroatoms. The maximum absolute atomic E-state index is 13.3. The Balaban J connectivity index is 1.33. The van der Waals surface area contributed by atoms with Crippen molar-refractivity contribution in [1.82, 2.24) is 29.3 Å². The Hall–Kier alpha value is -5.03. The van der Waals surface area contributed by atoms with Crippen LogP contribution in [0.1, 0.15) is 31.1 Å². The molecule has 0 fully saturated rings. The predicted octanol–water partition coefficient (Wildman–Crippen LogP) is 3.80. The number of carbonyl (C=O) groups is 3. The number of anilines is 1. The topological polar surface area (TPSA) is 124 Å². The highest BCUT2D eigenvalue weighted by Crippen LogP contribution is 2.36. The fraction of sp³-hybridized carbons (Fsp3) is 0.111. The number of fused-ring (bicyclic) bond motifs is 2. The lowest BCUT2D eigenvalue weighted by atomic mass is 10.1. The van der Waals surface area contributed by atoms with Gasteiger partial charge in [-0.15, -0.1) is 0 Å². The molecule has 1 aliphatic heterocycles. The van der Waals surface area contributed by atoms with Crippen LogP contribution < -0.4 is 10.1 Å². The monoisotopic (exact) mass is 541 g/mol. The summed E-state index contributed by atoms with van der Waals surface area (Å²) in [6.45, 7) is 0.279. The van der Waals surface area contributed by atoms with E-state index >= 15 is 0 Å². The predicted molar refractivity (Wildman–Crippen MR) is 142 cm³/mol. The summed E-state index contributed by atoms with van der Waals surface area (Å²) in [5.41, 5.74) is 2.75. The third-order valence-electron chi connectivity index (χ3n) is 6.38. The Morgan fingerprint density at radius 3 is 2.54 bits per heavy atom. The number of nitrogens with zero attached hydrogens (tertiary/aromatic N) is 6. The van der Waals surface area contributed by atoms with E-state index in [4.69, 9.17) is 16.3 Å². The summed E-state index contributed by atoms with van der Waals surface area (Å²) in [6, 6.07) is 13.5. The smallest absolute Gasteiger partial charge is 0.261 e. The number of halogens is 1. The lowest BCUT2D eigenvalue weighted by Gasteiger charge is -2.13. The average Bonchev–Trinajstić information content (AvgIpc) is 3.62. The number of carbonyl (C=O) groups excluding carboxylic acids is 3. The lowest BCUT2D eigenvalue weighted by molar-refractivity contribution is 0.0647. The third kappa shape index (κ3) is 4.28. The van der Waals surface area contributed by atoms with Crippen LogP contribution in [-0.4, -0.2) is 60.7 Å². The van der Waals surface area contributed by atoms with Crippen molar-refractivity contribution in [2.24, 2.45) is 0 Å². The first kappa shape index (κ1) is 24.3. The summed E-state index contributed by atoms with van der Waals surface area (Å²) >= 11 is 6.28. The lowest BCUT2D eigenvalue weighted by Crippen LogP contribution is -2.33. The Morgan fingerprint density at radius 2 is 1.79 bits per heavy atom. The number of rotatable bonds is 7. The van der Waals surface area contributed by atoms with Gasteiger partial charge in [0.05, 0.1) is 36.7 Å². The molecule has 0 bridgehead atoms. The van der Waals surface area contributed by atoms with Crippen molar-refractivity contribution in [2.45, 2.75) is 6.54 Å². The molecular weight excluding hydrogens is 522 g/mol. The molecule has 0 atom stereocenters. The van der Waals surface area contributed by atoms with Crippen molar-refractivity contribution in [3.63, 3.8) is 0 Å². The standard InChI is InChI=1S/C27H20ClN7O4/c1-39-22-8-7-16(28)13-19(22)23-21(31-25(36)20-14-30-35-10-4-9-29-24(20)35)15-33(32-23)11-12-34-26(37)17-5-2-3-6-18(17)27(34)38/h2-10,13-15H,11-12H2,1H3,(H,31,36). The summed E-state index contributed by atoms with van der Waals surface area (Å²) in [4.78, 5) is 44.3. The van der Waals surface area contributed by atoms with Gasteiger partial charge in [-0.3, -0.25) is 24.0 Å². The van der Waals surface area contributed by atoms with Crippen molar-refractivity contribution in [2.75, 3.05) is 19.0 Å². The van der Waals surface area contributed by atoms with Gasteiger partial charge in [0.25, 0.3) is 17.7 Å². The molecule has 0 aliphatic carbocycles. The molecular formula is C27H20ClN7O4. The van der Waals surface area contributed by atoms with E-state index < -0.39 is 5.91 Å². The Labute approximate surface area is 226 Å². The summed E-state index contributed by atoms with van der Waals surface area (Å²) in [5.74, 6) is -0.647. The van der Waals surface area contributed by atoms with Crippen LogP contribution in [0.2, 0.25) is 5.02 Å². The molecule has 3 aromatic heterocycles. The largest absolute Gasteiger partial charge is 0.496 e. The molecule has 5 aromatic rings. The number of methoxy groups -OCH3 is 1. The Bertz CT molecular complexity index is 1740. The number of hydrogen-bond donors (Lipinski definition) is 1. The minimum absolute atomic E-state index is 0.0888. The molecule has 0 spiro atoms. The highest BCUT2D eigenvalue weighted by molar-refractivity contribution is 6.31. The fourth-order valence-corrected chi connectivity index (χ4v) is 4.69. The molecule has 0 saturated carbocycles. The van der Waals surface area contributed by atoms with E-state index in [1.807, 2.05) is 0 Å². The minimum Gasteiger partial charge on any atom is -0.496 e. The second-order valence-corrected chi connectivity index (χ2v) is 9.14. The van der Waals surface area contributed by atoms with E-state index in [-0.39, 0.29) is 30.5 Å². The van der Waals surface area contributed by atoms with E-state index in [1.165, 1.54) is 22.7 Å². The number of amides is 3. The van der Waals surface area contributed by atoms with Gasteiger partial charge in [-0.25, -0.2) is 9.50 Å². The quantitative estimate of drug-likeness (QED) is 0.311. The molecule has 194 valence electrons. The van der Waals surface area contributed by atoms with Gasteiger partial charge in [-0.05, 0) is 36.4 Å². The second-order valence-electron chi connectivity index (χ2n) is 8.71. The van der Waals surface area contributed by atoms with E-state index in [0.29, 0.717) is 44.5 Å². The van der Waals surface area contributed by atoms with Gasteiger partial charge in [0, 0.05) is 35.7 Å². The van der Waals surface area contributed by atoms with Crippen LogP contribution in [-0.2, 0) is 6.54 Å². The minimum atomic E-state index is -0.439. The van der Waals surface area contributed by atoms with Gasteiger partial charge in [0.15, 0.2) is 5.65 Å². The Morgan fingerprint density at radius 1 is 1.03 bits per heavy atom. The summed E-state index contributed by atoms with van der Waals surface area (Å²) in [5, 5.41) is 12.2. The zero-order chi connectivity index (χ0) is 27.1. The van der Waals surface area contributed by atoms with Crippen LogP contribution in [0.3, 0.4) is 0 Å². The van der Waals surface area contributed by atoms with E-state index in [0.717, 1.165) is 0 Å². The molecule has 39 heavy (non-hydrogen) atoms. The first-order valence-electron chi connectivity index (χ1n) is 11.9. The highest BCUT2D eigenvalue weighted by Gasteiger charge is 2.34. The zero-order valence-corrected chi connectivity index (χ0v) is 21.3. The molecule has 1 aliphatic rings. The molecule has 0 saturated heterocycles. The molecule has 11 nitrogen and oxygen atoms in total. The van der Waals surface area contributed by atoms with Crippen LogP contribution in [0.25, 0.3) is 16.9 Å². The van der Waals surface area contributed by atoms with Gasteiger partial charge in [0.1, 0.15) is 17.0 Å². The van der Waals surface area contributed by atoms with E-state index in [2.05, 4.69) is 20.5 Å². The van der Waals surface area contributed by atoms with Gasteiger partial charge >= 0.3 is 0 Å². The van der Waals surface area contributed by atoms with Gasteiger partial charge in [-0.1, -0.05) is 23.7 Å². The second kappa shape index (κ2) is 9.69. The molecule has 3 amide bonds. The SMILES string of the molecule is COc1ccc(Cl)cc1-c1nn(CCN2C(=O)c3ccccc3C2=O)cc1NC(=O)c1cnn2cccnc12. The summed E-state index contributed by atoms with van der Waals surface area (Å²) < 4.78 is 8.58. The molecule has 0 unspecified atom stereocenters. The van der Waals surface area contributed by atoms with Crippen molar-refractivity contribution < 1.29 is 19.1 Å². The maximum Gasteiger partial charge on any atom is 0.261 e. The Kier molecular flexibility index (Phi) is 6.04. The first-order valence-corrected chi connectivity index (χ1v) is 12.3. The highest BCUT2D eigenvalue weighted by atomic mass is 35.5. The average molecular weight is 542 g/mol. The van der Waals surface area contributed by atoms with Crippen LogP contribution in [0.15, 0.2) is 73.3 Å². The van der Waals surface area contributed by atoms with Crippen LogP contribution >= 0.6 is 11.6 Å². The molecule has 2 aromatic carbocycles.